The molecule has 30 heavy (non-hydrogen) atoms. The van der Waals surface area contributed by atoms with Crippen molar-refractivity contribution in [3.8, 4) is 17.5 Å². The highest BCUT2D eigenvalue weighted by Crippen LogP contribution is 2.26. The van der Waals surface area contributed by atoms with Crippen LogP contribution in [0.3, 0.4) is 0 Å². The summed E-state index contributed by atoms with van der Waals surface area (Å²) in [5.74, 6) is 0.864. The Labute approximate surface area is 172 Å². The van der Waals surface area contributed by atoms with Crippen molar-refractivity contribution in [2.75, 3.05) is 11.9 Å². The molecule has 2 aromatic heterocycles. The van der Waals surface area contributed by atoms with Gasteiger partial charge in [0.2, 0.25) is 11.9 Å². The second-order valence-corrected chi connectivity index (χ2v) is 7.26. The number of carbonyl (C=O) groups excluding carboxylic acids is 1. The predicted octanol–water partition coefficient (Wildman–Crippen LogP) is 2.90. The molecule has 0 radical (unpaired) electrons. The molecule has 0 aliphatic carbocycles. The molecule has 0 unspecified atom stereocenters. The number of nitrogens with one attached hydrogen (secondary N) is 2. The van der Waals surface area contributed by atoms with E-state index in [2.05, 4.69) is 21.8 Å². The summed E-state index contributed by atoms with van der Waals surface area (Å²) in [6.45, 7) is 0.690. The Morgan fingerprint density at radius 3 is 2.83 bits per heavy atom. The molecule has 1 aliphatic rings. The lowest BCUT2D eigenvalue weighted by atomic mass is 10.1. The monoisotopic (exact) mass is 397 g/mol. The van der Waals surface area contributed by atoms with Gasteiger partial charge in [-0.3, -0.25) is 4.79 Å². The molecule has 8 nitrogen and oxygen atoms in total. The van der Waals surface area contributed by atoms with Crippen LogP contribution in [0.5, 0.6) is 0 Å². The largest absolute Gasteiger partial charge is 0.354 e. The molecule has 1 atom stereocenters. The van der Waals surface area contributed by atoms with Crippen LogP contribution in [0.15, 0.2) is 48.5 Å². The van der Waals surface area contributed by atoms with Crippen molar-refractivity contribution in [1.82, 2.24) is 24.9 Å². The summed E-state index contributed by atoms with van der Waals surface area (Å²) in [5.41, 5.74) is 2.54. The van der Waals surface area contributed by atoms with E-state index in [1.807, 2.05) is 42.5 Å². The van der Waals surface area contributed by atoms with Crippen LogP contribution in [-0.4, -0.2) is 38.1 Å². The van der Waals surface area contributed by atoms with Crippen molar-refractivity contribution in [3.05, 3.63) is 54.1 Å². The predicted molar refractivity (Wildman–Crippen MR) is 113 cm³/mol. The van der Waals surface area contributed by atoms with Crippen molar-refractivity contribution in [1.29, 1.82) is 5.26 Å². The van der Waals surface area contributed by atoms with Crippen molar-refractivity contribution >= 4 is 28.4 Å². The van der Waals surface area contributed by atoms with Gasteiger partial charge in [-0.1, -0.05) is 24.3 Å². The number of anilines is 1. The first kappa shape index (κ1) is 18.1. The Balaban J connectivity index is 1.69. The van der Waals surface area contributed by atoms with E-state index in [0.717, 1.165) is 30.2 Å². The summed E-state index contributed by atoms with van der Waals surface area (Å²) in [7, 11) is 0. The Morgan fingerprint density at radius 1 is 1.10 bits per heavy atom. The Kier molecular flexibility index (Phi) is 4.48. The maximum atomic E-state index is 12.4. The van der Waals surface area contributed by atoms with Gasteiger partial charge in [-0.2, -0.15) is 9.78 Å². The van der Waals surface area contributed by atoms with Crippen LogP contribution >= 0.6 is 0 Å². The van der Waals surface area contributed by atoms with Crippen LogP contribution in [-0.2, 0) is 4.79 Å². The van der Waals surface area contributed by atoms with Crippen molar-refractivity contribution in [3.63, 3.8) is 0 Å². The van der Waals surface area contributed by atoms with Crippen molar-refractivity contribution in [2.45, 2.75) is 25.3 Å². The molecule has 1 aliphatic heterocycles. The molecule has 3 heterocycles. The summed E-state index contributed by atoms with van der Waals surface area (Å²) < 4.78 is 1.63. The highest BCUT2D eigenvalue weighted by molar-refractivity contribution is 5.93. The summed E-state index contributed by atoms with van der Waals surface area (Å²) in [4.78, 5) is 21.9. The minimum atomic E-state index is -0.386. The van der Waals surface area contributed by atoms with Gasteiger partial charge in [0, 0.05) is 17.5 Å². The van der Waals surface area contributed by atoms with E-state index in [9.17, 15) is 10.1 Å². The quantitative estimate of drug-likeness (QED) is 0.550. The number of hydrogen-bond acceptors (Lipinski definition) is 6. The minimum Gasteiger partial charge on any atom is -0.354 e. The lowest BCUT2D eigenvalue weighted by Crippen LogP contribution is -2.38. The average Bonchev–Trinajstić information content (AvgIpc) is 3.14. The number of nitriles is 1. The molecule has 1 saturated heterocycles. The maximum absolute atomic E-state index is 12.4. The molecule has 148 valence electrons. The summed E-state index contributed by atoms with van der Waals surface area (Å²) in [6.07, 6.45) is 2.63. The molecule has 0 spiro atoms. The Morgan fingerprint density at radius 2 is 1.93 bits per heavy atom. The van der Waals surface area contributed by atoms with Gasteiger partial charge in [-0.15, -0.1) is 5.10 Å². The first-order valence-electron chi connectivity index (χ1n) is 9.94. The van der Waals surface area contributed by atoms with E-state index in [1.54, 1.807) is 10.6 Å². The number of rotatable bonds is 3. The smallest absolute Gasteiger partial charge is 0.242 e. The summed E-state index contributed by atoms with van der Waals surface area (Å²) in [6, 6.07) is 16.7. The third kappa shape index (κ3) is 3.10. The molecular weight excluding hydrogens is 378 g/mol. The van der Waals surface area contributed by atoms with E-state index in [1.165, 1.54) is 0 Å². The molecule has 2 aromatic carbocycles. The van der Waals surface area contributed by atoms with Crippen molar-refractivity contribution < 1.29 is 4.79 Å². The fourth-order valence-electron chi connectivity index (χ4n) is 3.77. The van der Waals surface area contributed by atoms with Crippen molar-refractivity contribution in [2.24, 2.45) is 0 Å². The third-order valence-corrected chi connectivity index (χ3v) is 5.31. The van der Waals surface area contributed by atoms with Gasteiger partial charge in [0.1, 0.15) is 6.04 Å². The van der Waals surface area contributed by atoms with Gasteiger partial charge in [0.05, 0.1) is 17.1 Å². The van der Waals surface area contributed by atoms with E-state index in [4.69, 9.17) is 9.97 Å². The lowest BCUT2D eigenvalue weighted by molar-refractivity contribution is -0.121. The van der Waals surface area contributed by atoms with Crippen LogP contribution in [0, 0.1) is 11.3 Å². The molecule has 4 aromatic rings. The van der Waals surface area contributed by atoms with Crippen LogP contribution < -0.4 is 10.6 Å². The molecule has 1 amide bonds. The van der Waals surface area contributed by atoms with Gasteiger partial charge in [0.25, 0.3) is 0 Å². The van der Waals surface area contributed by atoms with E-state index < -0.39 is 0 Å². The first-order valence-corrected chi connectivity index (χ1v) is 9.94. The molecule has 5 rings (SSSR count). The number of carbonyl (C=O) groups is 1. The van der Waals surface area contributed by atoms with Gasteiger partial charge in [0.15, 0.2) is 11.5 Å². The highest BCUT2D eigenvalue weighted by Gasteiger charge is 2.23. The second kappa shape index (κ2) is 7.44. The molecular formula is C22H19N7O. The lowest BCUT2D eigenvalue weighted by Gasteiger charge is -2.16. The van der Waals surface area contributed by atoms with Gasteiger partial charge >= 0.3 is 0 Å². The summed E-state index contributed by atoms with van der Waals surface area (Å²) >= 11 is 0. The first-order chi connectivity index (χ1) is 14.7. The van der Waals surface area contributed by atoms with Crippen LogP contribution in [0.1, 0.15) is 24.8 Å². The second-order valence-electron chi connectivity index (χ2n) is 7.26. The molecule has 2 N–H and O–H groups in total. The van der Waals surface area contributed by atoms with Crippen LogP contribution in [0.4, 0.5) is 5.95 Å². The molecule has 0 bridgehead atoms. The number of nitrogens with zero attached hydrogens (tertiary/aromatic N) is 5. The minimum absolute atomic E-state index is 0.0363. The standard InChI is InChI=1S/C22H19N7O/c23-13-14-7-1-2-8-15(14)19-27-20-16-9-3-4-10-17(16)25-22(29(20)28-19)26-18-11-5-6-12-24-21(18)30/h1-4,7-10,18H,5-6,11-12H2,(H,24,30)(H,25,26)/t18-/m1/s1. The van der Waals surface area contributed by atoms with E-state index in [-0.39, 0.29) is 11.9 Å². The molecule has 0 saturated carbocycles. The SMILES string of the molecule is N#Cc1ccccc1-c1nc2c3ccccc3nc(N[C@@H]3CCCCNC3=O)n2n1. The Bertz CT molecular complexity index is 1300. The molecule has 8 heteroatoms. The maximum Gasteiger partial charge on any atom is 0.242 e. The highest BCUT2D eigenvalue weighted by atomic mass is 16.2. The van der Waals surface area contributed by atoms with Crippen LogP contribution in [0.2, 0.25) is 0 Å². The zero-order valence-electron chi connectivity index (χ0n) is 16.2. The number of benzene rings is 2. The van der Waals surface area contributed by atoms with Gasteiger partial charge < -0.3 is 10.6 Å². The van der Waals surface area contributed by atoms with Gasteiger partial charge in [-0.05, 0) is 43.5 Å². The fraction of sp³-hybridized carbons (Fsp3) is 0.227. The van der Waals surface area contributed by atoms with Crippen LogP contribution in [0.25, 0.3) is 27.9 Å². The van der Waals surface area contributed by atoms with Gasteiger partial charge in [-0.25, -0.2) is 9.97 Å². The average molecular weight is 397 g/mol. The summed E-state index contributed by atoms with van der Waals surface area (Å²) in [5, 5.41) is 21.2. The zero-order valence-corrected chi connectivity index (χ0v) is 16.2. The normalized spacial score (nSPS) is 16.8. The fourth-order valence-corrected chi connectivity index (χ4v) is 3.77. The third-order valence-electron chi connectivity index (χ3n) is 5.31. The number of aromatic nitrogens is 4. The number of para-hydroxylation sites is 1. The zero-order chi connectivity index (χ0) is 20.5. The number of hydrogen-bond donors (Lipinski definition) is 2. The topological polar surface area (TPSA) is 108 Å². The Hall–Kier alpha value is -3.99. The van der Waals surface area contributed by atoms with E-state index in [0.29, 0.717) is 35.1 Å². The number of amides is 1. The van der Waals surface area contributed by atoms with E-state index >= 15 is 0 Å². The molecule has 1 fully saturated rings. The number of fused-ring (bicyclic) bond motifs is 3.